The standard InChI is InChI=1S/C15H24N4O2/c1-2-6-15(14(20)21)7-9-18(11-15)10-13-17-16-12-5-3-4-8-19(12)13/h2-11H2,1H3,(H,20,21). The van der Waals surface area contributed by atoms with Gasteiger partial charge >= 0.3 is 5.97 Å². The highest BCUT2D eigenvalue weighted by Gasteiger charge is 2.44. The molecule has 3 heterocycles. The summed E-state index contributed by atoms with van der Waals surface area (Å²) in [7, 11) is 0. The Balaban J connectivity index is 1.69. The van der Waals surface area contributed by atoms with Crippen molar-refractivity contribution in [2.75, 3.05) is 13.1 Å². The summed E-state index contributed by atoms with van der Waals surface area (Å²) in [5, 5.41) is 18.2. The normalized spacial score (nSPS) is 26.0. The molecule has 116 valence electrons. The van der Waals surface area contributed by atoms with Gasteiger partial charge in [-0.25, -0.2) is 0 Å². The van der Waals surface area contributed by atoms with E-state index in [-0.39, 0.29) is 0 Å². The van der Waals surface area contributed by atoms with E-state index in [4.69, 9.17) is 0 Å². The summed E-state index contributed by atoms with van der Waals surface area (Å²) in [6.45, 7) is 5.27. The van der Waals surface area contributed by atoms with Gasteiger partial charge < -0.3 is 9.67 Å². The summed E-state index contributed by atoms with van der Waals surface area (Å²) in [6.07, 6.45) is 5.82. The molecule has 1 N–H and O–H groups in total. The molecule has 0 bridgehead atoms. The number of hydrogen-bond donors (Lipinski definition) is 1. The van der Waals surface area contributed by atoms with Crippen molar-refractivity contribution in [3.8, 4) is 0 Å². The van der Waals surface area contributed by atoms with Gasteiger partial charge in [0, 0.05) is 19.5 Å². The first kappa shape index (κ1) is 14.5. The van der Waals surface area contributed by atoms with Crippen LogP contribution in [0.2, 0.25) is 0 Å². The summed E-state index contributed by atoms with van der Waals surface area (Å²) in [5.41, 5.74) is -0.556. The Hall–Kier alpha value is -1.43. The highest BCUT2D eigenvalue weighted by atomic mass is 16.4. The fraction of sp³-hybridized carbons (Fsp3) is 0.800. The Morgan fingerprint density at radius 2 is 2.19 bits per heavy atom. The molecule has 1 fully saturated rings. The second-order valence-electron chi connectivity index (χ2n) is 6.44. The van der Waals surface area contributed by atoms with Crippen molar-refractivity contribution in [3.63, 3.8) is 0 Å². The third-order valence-corrected chi connectivity index (χ3v) is 4.92. The maximum atomic E-state index is 11.6. The van der Waals surface area contributed by atoms with Gasteiger partial charge in [-0.1, -0.05) is 13.3 Å². The van der Waals surface area contributed by atoms with E-state index in [1.54, 1.807) is 0 Å². The van der Waals surface area contributed by atoms with E-state index in [0.29, 0.717) is 6.54 Å². The molecule has 0 aromatic carbocycles. The van der Waals surface area contributed by atoms with Crippen LogP contribution in [0.3, 0.4) is 0 Å². The molecule has 1 aromatic heterocycles. The highest BCUT2D eigenvalue weighted by Crippen LogP contribution is 2.36. The molecule has 2 aliphatic heterocycles. The predicted molar refractivity (Wildman–Crippen MR) is 77.8 cm³/mol. The molecular formula is C15H24N4O2. The second-order valence-corrected chi connectivity index (χ2v) is 6.44. The van der Waals surface area contributed by atoms with E-state index in [0.717, 1.165) is 57.0 Å². The van der Waals surface area contributed by atoms with Gasteiger partial charge in [-0.2, -0.15) is 0 Å². The average Bonchev–Trinajstić information content (AvgIpc) is 3.06. The fourth-order valence-corrected chi connectivity index (χ4v) is 3.74. The Morgan fingerprint density at radius 3 is 2.95 bits per heavy atom. The van der Waals surface area contributed by atoms with Crippen molar-refractivity contribution < 1.29 is 9.90 Å². The molecule has 3 rings (SSSR count). The van der Waals surface area contributed by atoms with Crippen LogP contribution in [0.4, 0.5) is 0 Å². The maximum absolute atomic E-state index is 11.6. The molecular weight excluding hydrogens is 268 g/mol. The van der Waals surface area contributed by atoms with Gasteiger partial charge in [0.2, 0.25) is 0 Å². The minimum atomic E-state index is -0.643. The predicted octanol–water partition coefficient (Wildman–Crippen LogP) is 1.69. The molecule has 6 heteroatoms. The van der Waals surface area contributed by atoms with Crippen molar-refractivity contribution in [3.05, 3.63) is 11.6 Å². The smallest absolute Gasteiger partial charge is 0.310 e. The second kappa shape index (κ2) is 5.75. The molecule has 1 aromatic rings. The molecule has 0 aliphatic carbocycles. The summed E-state index contributed by atoms with van der Waals surface area (Å²) in [6, 6.07) is 0. The number of carboxylic acids is 1. The summed E-state index contributed by atoms with van der Waals surface area (Å²) < 4.78 is 2.23. The van der Waals surface area contributed by atoms with Crippen molar-refractivity contribution in [1.29, 1.82) is 0 Å². The Bertz CT molecular complexity index is 528. The lowest BCUT2D eigenvalue weighted by molar-refractivity contribution is -0.148. The maximum Gasteiger partial charge on any atom is 0.310 e. The first-order chi connectivity index (χ1) is 10.1. The summed E-state index contributed by atoms with van der Waals surface area (Å²) >= 11 is 0. The van der Waals surface area contributed by atoms with Crippen LogP contribution in [-0.2, 0) is 24.3 Å². The van der Waals surface area contributed by atoms with Gasteiger partial charge in [0.25, 0.3) is 0 Å². The van der Waals surface area contributed by atoms with Crippen LogP contribution in [0, 0.1) is 5.41 Å². The molecule has 6 nitrogen and oxygen atoms in total. The SMILES string of the molecule is CCCC1(C(=O)O)CCN(Cc2nnc3n2CCCC3)C1. The van der Waals surface area contributed by atoms with Crippen molar-refractivity contribution in [2.45, 2.75) is 58.5 Å². The Kier molecular flexibility index (Phi) is 3.97. The van der Waals surface area contributed by atoms with Crippen molar-refractivity contribution >= 4 is 5.97 Å². The number of hydrogen-bond acceptors (Lipinski definition) is 4. The first-order valence-electron chi connectivity index (χ1n) is 8.01. The molecule has 0 amide bonds. The van der Waals surface area contributed by atoms with E-state index >= 15 is 0 Å². The largest absolute Gasteiger partial charge is 0.481 e. The molecule has 1 unspecified atom stereocenters. The minimum absolute atomic E-state index is 0.556. The van der Waals surface area contributed by atoms with Gasteiger partial charge in [-0.05, 0) is 32.2 Å². The fourth-order valence-electron chi connectivity index (χ4n) is 3.74. The zero-order chi connectivity index (χ0) is 14.9. The lowest BCUT2D eigenvalue weighted by atomic mass is 9.83. The van der Waals surface area contributed by atoms with Crippen LogP contribution < -0.4 is 0 Å². The number of rotatable bonds is 5. The number of fused-ring (bicyclic) bond motifs is 1. The Morgan fingerprint density at radius 1 is 1.33 bits per heavy atom. The zero-order valence-electron chi connectivity index (χ0n) is 12.7. The highest BCUT2D eigenvalue weighted by molar-refractivity contribution is 5.75. The quantitative estimate of drug-likeness (QED) is 0.894. The van der Waals surface area contributed by atoms with Gasteiger partial charge in [0.15, 0.2) is 0 Å². The molecule has 0 spiro atoms. The molecule has 2 aliphatic rings. The van der Waals surface area contributed by atoms with E-state index in [1.807, 2.05) is 0 Å². The molecule has 21 heavy (non-hydrogen) atoms. The van der Waals surface area contributed by atoms with Crippen LogP contribution in [0.1, 0.15) is 50.7 Å². The molecule has 1 atom stereocenters. The van der Waals surface area contributed by atoms with Gasteiger partial charge in [0.05, 0.1) is 12.0 Å². The summed E-state index contributed by atoms with van der Waals surface area (Å²) in [4.78, 5) is 13.9. The average molecular weight is 292 g/mol. The lowest BCUT2D eigenvalue weighted by Gasteiger charge is -2.24. The number of aliphatic carboxylic acids is 1. The van der Waals surface area contributed by atoms with Crippen LogP contribution in [0.25, 0.3) is 0 Å². The van der Waals surface area contributed by atoms with Gasteiger partial charge in [-0.3, -0.25) is 9.69 Å². The van der Waals surface area contributed by atoms with Crippen molar-refractivity contribution in [1.82, 2.24) is 19.7 Å². The number of likely N-dealkylation sites (tertiary alicyclic amines) is 1. The number of carboxylic acid groups (broad SMARTS) is 1. The number of aryl methyl sites for hydroxylation is 1. The molecule has 0 radical (unpaired) electrons. The van der Waals surface area contributed by atoms with Crippen LogP contribution in [0.15, 0.2) is 0 Å². The number of carbonyl (C=O) groups is 1. The summed E-state index contributed by atoms with van der Waals surface area (Å²) in [5.74, 6) is 1.45. The van der Waals surface area contributed by atoms with Crippen LogP contribution >= 0.6 is 0 Å². The third kappa shape index (κ3) is 2.69. The van der Waals surface area contributed by atoms with Crippen LogP contribution in [-0.4, -0.2) is 43.8 Å². The minimum Gasteiger partial charge on any atom is -0.481 e. The Labute approximate surface area is 125 Å². The van der Waals surface area contributed by atoms with Crippen LogP contribution in [0.5, 0.6) is 0 Å². The third-order valence-electron chi connectivity index (χ3n) is 4.92. The number of aromatic nitrogens is 3. The first-order valence-corrected chi connectivity index (χ1v) is 8.01. The van der Waals surface area contributed by atoms with Gasteiger partial charge in [-0.15, -0.1) is 10.2 Å². The van der Waals surface area contributed by atoms with E-state index in [2.05, 4.69) is 26.6 Å². The number of nitrogens with zero attached hydrogens (tertiary/aromatic N) is 4. The molecule has 1 saturated heterocycles. The van der Waals surface area contributed by atoms with E-state index < -0.39 is 11.4 Å². The molecule has 0 saturated carbocycles. The lowest BCUT2D eigenvalue weighted by Crippen LogP contribution is -2.34. The van der Waals surface area contributed by atoms with Gasteiger partial charge in [0.1, 0.15) is 11.6 Å². The monoisotopic (exact) mass is 292 g/mol. The van der Waals surface area contributed by atoms with Crippen molar-refractivity contribution in [2.24, 2.45) is 5.41 Å². The van der Waals surface area contributed by atoms with E-state index in [9.17, 15) is 9.90 Å². The van der Waals surface area contributed by atoms with E-state index in [1.165, 1.54) is 12.8 Å². The topological polar surface area (TPSA) is 71.2 Å². The zero-order valence-corrected chi connectivity index (χ0v) is 12.7.